The highest BCUT2D eigenvalue weighted by molar-refractivity contribution is 7.86. The van der Waals surface area contributed by atoms with Gasteiger partial charge in [0.2, 0.25) is 0 Å². The molecule has 54 heavy (non-hydrogen) atoms. The Morgan fingerprint density at radius 3 is 1.00 bits per heavy atom. The molecule has 15 heteroatoms. The maximum Gasteiger partial charge on any atom is 0.264 e. The summed E-state index contributed by atoms with van der Waals surface area (Å²) in [6, 6.07) is 0. The van der Waals surface area contributed by atoms with Crippen LogP contribution in [0.15, 0.2) is 0 Å². The van der Waals surface area contributed by atoms with Crippen LogP contribution in [0.4, 0.5) is 0 Å². The van der Waals surface area contributed by atoms with Gasteiger partial charge in [0.05, 0.1) is 51.1 Å². The van der Waals surface area contributed by atoms with Crippen LogP contribution in [0.3, 0.4) is 0 Å². The molecule has 3 unspecified atom stereocenters. The molecule has 0 spiro atoms. The minimum atomic E-state index is -4.08. The van der Waals surface area contributed by atoms with Crippen molar-refractivity contribution in [3.63, 3.8) is 0 Å². The Hall–Kier alpha value is -0.460. The first-order valence-electron chi connectivity index (χ1n) is 21.1. The van der Waals surface area contributed by atoms with Gasteiger partial charge in [-0.2, -0.15) is 16.8 Å². The smallest absolute Gasteiger partial charge is 0.264 e. The monoisotopic (exact) mass is 821 g/mol. The van der Waals surface area contributed by atoms with Gasteiger partial charge in [-0.1, -0.05) is 117 Å². The SMILES string of the molecule is CCCCCCCCOCC(COCC(COCCCCCCCC)OCC(COCCCCCCCC)OCCCS(=O)(=O)O)OCCCS(=O)(=O)O. The van der Waals surface area contributed by atoms with Crippen LogP contribution < -0.4 is 0 Å². The zero-order valence-corrected chi connectivity index (χ0v) is 35.9. The molecule has 0 aromatic carbocycles. The summed E-state index contributed by atoms with van der Waals surface area (Å²) in [5.74, 6) is -0.767. The fraction of sp³-hybridized carbons (Fsp3) is 1.00. The molecule has 0 aliphatic carbocycles. The van der Waals surface area contributed by atoms with Crippen molar-refractivity contribution in [1.29, 1.82) is 0 Å². The quantitative estimate of drug-likeness (QED) is 0.0450. The lowest BCUT2D eigenvalue weighted by Crippen LogP contribution is -2.35. The van der Waals surface area contributed by atoms with Gasteiger partial charge in [-0.15, -0.1) is 0 Å². The molecule has 0 heterocycles. The molecule has 0 bridgehead atoms. The molecule has 3 atom stereocenters. The first-order chi connectivity index (χ1) is 26.0. The minimum absolute atomic E-state index is 0.124. The lowest BCUT2D eigenvalue weighted by atomic mass is 10.1. The van der Waals surface area contributed by atoms with E-state index in [2.05, 4.69) is 20.8 Å². The van der Waals surface area contributed by atoms with E-state index >= 15 is 0 Å². The lowest BCUT2D eigenvalue weighted by Gasteiger charge is -2.24. The van der Waals surface area contributed by atoms with Gasteiger partial charge in [0.15, 0.2) is 0 Å². The zero-order valence-electron chi connectivity index (χ0n) is 34.3. The summed E-state index contributed by atoms with van der Waals surface area (Å²) in [6.07, 6.45) is 19.7. The van der Waals surface area contributed by atoms with E-state index in [0.717, 1.165) is 38.5 Å². The van der Waals surface area contributed by atoms with Gasteiger partial charge in [0.25, 0.3) is 20.2 Å². The maximum atomic E-state index is 11.2. The molecule has 0 aliphatic heterocycles. The third-order valence-electron chi connectivity index (χ3n) is 8.76. The Morgan fingerprint density at radius 2 is 0.648 bits per heavy atom. The largest absolute Gasteiger partial charge is 0.379 e. The van der Waals surface area contributed by atoms with Crippen molar-refractivity contribution in [2.75, 3.05) is 84.2 Å². The van der Waals surface area contributed by atoms with Crippen LogP contribution in [-0.2, 0) is 53.4 Å². The second kappa shape index (κ2) is 38.1. The minimum Gasteiger partial charge on any atom is -0.379 e. The van der Waals surface area contributed by atoms with Crippen molar-refractivity contribution in [2.24, 2.45) is 0 Å². The standard InChI is InChI=1S/C39H80O13S2/c1-4-7-10-13-16-19-24-46-31-37(50-27-22-29-53(40,41)42)34-49-35-38(32-47-25-20-17-14-11-8-5-2)52-36-39(51-28-23-30-54(43,44)45)33-48-26-21-18-15-12-9-6-3/h37-39H,4-36H2,1-3H3,(H,40,41,42)(H,43,44,45). The molecule has 2 N–H and O–H groups in total. The first kappa shape index (κ1) is 53.5. The predicted molar refractivity (Wildman–Crippen MR) is 215 cm³/mol. The van der Waals surface area contributed by atoms with Gasteiger partial charge in [-0.3, -0.25) is 9.11 Å². The highest BCUT2D eigenvalue weighted by Crippen LogP contribution is 2.10. The summed E-state index contributed by atoms with van der Waals surface area (Å²) in [7, 11) is -8.16. The second-order valence-corrected chi connectivity index (χ2v) is 17.4. The summed E-state index contributed by atoms with van der Waals surface area (Å²) in [5, 5.41) is 0. The fourth-order valence-corrected chi connectivity index (χ4v) is 6.55. The van der Waals surface area contributed by atoms with Gasteiger partial charge in [-0.25, -0.2) is 0 Å². The molecule has 0 fully saturated rings. The molecule has 0 aromatic rings. The van der Waals surface area contributed by atoms with Gasteiger partial charge >= 0.3 is 0 Å². The van der Waals surface area contributed by atoms with Crippen LogP contribution in [-0.4, -0.2) is 128 Å². The van der Waals surface area contributed by atoms with E-state index in [9.17, 15) is 16.8 Å². The molecule has 0 rings (SSSR count). The number of unbranched alkanes of at least 4 members (excludes halogenated alkanes) is 15. The van der Waals surface area contributed by atoms with E-state index in [-0.39, 0.29) is 70.6 Å². The van der Waals surface area contributed by atoms with Crippen LogP contribution in [0.25, 0.3) is 0 Å². The molecule has 0 amide bonds. The van der Waals surface area contributed by atoms with Gasteiger partial charge in [-0.05, 0) is 32.1 Å². The molecule has 13 nitrogen and oxygen atoms in total. The summed E-state index contributed by atoms with van der Waals surface area (Å²) in [5.41, 5.74) is 0. The van der Waals surface area contributed by atoms with E-state index in [1.807, 2.05) is 0 Å². The highest BCUT2D eigenvalue weighted by Gasteiger charge is 2.19. The molecule has 0 saturated carbocycles. The van der Waals surface area contributed by atoms with E-state index in [4.69, 9.17) is 42.3 Å². The van der Waals surface area contributed by atoms with Gasteiger partial charge < -0.3 is 33.2 Å². The van der Waals surface area contributed by atoms with Gasteiger partial charge in [0.1, 0.15) is 18.3 Å². The van der Waals surface area contributed by atoms with Crippen molar-refractivity contribution in [2.45, 2.75) is 167 Å². The summed E-state index contributed by atoms with van der Waals surface area (Å²) in [4.78, 5) is 0. The van der Waals surface area contributed by atoms with Crippen molar-refractivity contribution in [3.05, 3.63) is 0 Å². The van der Waals surface area contributed by atoms with E-state index in [1.54, 1.807) is 0 Å². The molecular weight excluding hydrogens is 741 g/mol. The molecule has 0 saturated heterocycles. The number of hydrogen-bond acceptors (Lipinski definition) is 11. The van der Waals surface area contributed by atoms with Crippen LogP contribution in [0, 0.1) is 0 Å². The van der Waals surface area contributed by atoms with E-state index in [1.165, 1.54) is 77.0 Å². The molecular formula is C39H80O13S2. The van der Waals surface area contributed by atoms with E-state index in [0.29, 0.717) is 26.4 Å². The topological polar surface area (TPSA) is 173 Å². The average molecular weight is 821 g/mol. The second-order valence-electron chi connectivity index (χ2n) is 14.3. The number of ether oxygens (including phenoxy) is 7. The van der Waals surface area contributed by atoms with Crippen molar-refractivity contribution < 1.29 is 59.1 Å². The highest BCUT2D eigenvalue weighted by atomic mass is 32.2. The maximum absolute atomic E-state index is 11.2. The molecule has 0 aromatic heterocycles. The first-order valence-corrected chi connectivity index (χ1v) is 24.3. The Morgan fingerprint density at radius 1 is 0.352 bits per heavy atom. The van der Waals surface area contributed by atoms with Crippen LogP contribution in [0.2, 0.25) is 0 Å². The Kier molecular flexibility index (Phi) is 37.8. The third-order valence-corrected chi connectivity index (χ3v) is 10.4. The van der Waals surface area contributed by atoms with Crippen molar-refractivity contribution in [3.8, 4) is 0 Å². The molecule has 0 aliphatic rings. The van der Waals surface area contributed by atoms with E-state index < -0.39 is 38.5 Å². The summed E-state index contributed by atoms with van der Waals surface area (Å²) in [6.45, 7) is 10.1. The van der Waals surface area contributed by atoms with Crippen molar-refractivity contribution >= 4 is 20.2 Å². The zero-order chi connectivity index (χ0) is 40.0. The fourth-order valence-electron chi connectivity index (χ4n) is 5.59. The summed E-state index contributed by atoms with van der Waals surface area (Å²) >= 11 is 0. The van der Waals surface area contributed by atoms with Gasteiger partial charge in [0, 0.05) is 33.0 Å². The number of hydrogen-bond donors (Lipinski definition) is 2. The van der Waals surface area contributed by atoms with Crippen molar-refractivity contribution in [1.82, 2.24) is 0 Å². The average Bonchev–Trinajstić information content (AvgIpc) is 3.12. The normalized spacial score (nSPS) is 14.1. The predicted octanol–water partition coefficient (Wildman–Crippen LogP) is 7.85. The Balaban J connectivity index is 5.24. The Labute approximate surface area is 330 Å². The summed E-state index contributed by atoms with van der Waals surface area (Å²) < 4.78 is 105. The number of rotatable bonds is 44. The van der Waals surface area contributed by atoms with Crippen LogP contribution in [0.5, 0.6) is 0 Å². The van der Waals surface area contributed by atoms with Crippen LogP contribution in [0.1, 0.15) is 149 Å². The lowest BCUT2D eigenvalue weighted by molar-refractivity contribution is -0.121. The Bertz CT molecular complexity index is 999. The van der Waals surface area contributed by atoms with Crippen LogP contribution >= 0.6 is 0 Å². The molecule has 0 radical (unpaired) electrons. The third kappa shape index (κ3) is 41.2. The molecule has 326 valence electrons.